The summed E-state index contributed by atoms with van der Waals surface area (Å²) in [4.78, 5) is 33.7. The summed E-state index contributed by atoms with van der Waals surface area (Å²) in [5.74, 6) is -0.0289. The number of fused-ring (bicyclic) bond motifs is 1. The maximum Gasteiger partial charge on any atom is 0.407 e. The van der Waals surface area contributed by atoms with E-state index in [-0.39, 0.29) is 11.8 Å². The molecule has 4 N–H and O–H groups in total. The molecule has 0 radical (unpaired) electrons. The normalized spacial score (nSPS) is 15.1. The van der Waals surface area contributed by atoms with E-state index in [1.807, 2.05) is 30.3 Å². The predicted octanol–water partition coefficient (Wildman–Crippen LogP) is 3.80. The number of anilines is 2. The van der Waals surface area contributed by atoms with Gasteiger partial charge in [-0.2, -0.15) is 0 Å². The number of amides is 2. The summed E-state index contributed by atoms with van der Waals surface area (Å²) in [6.45, 7) is 0.662. The van der Waals surface area contributed by atoms with Gasteiger partial charge in [-0.15, -0.1) is 11.3 Å². The molecule has 0 spiro atoms. The van der Waals surface area contributed by atoms with Crippen LogP contribution in [0.25, 0.3) is 6.08 Å². The Morgan fingerprint density at radius 3 is 2.94 bits per heavy atom. The number of pyridine rings is 2. The first-order chi connectivity index (χ1) is 16.1. The molecule has 0 fully saturated rings. The van der Waals surface area contributed by atoms with E-state index < -0.39 is 6.09 Å². The molecular formula is C24H25N5O3S. The van der Waals surface area contributed by atoms with E-state index in [9.17, 15) is 9.59 Å². The van der Waals surface area contributed by atoms with Gasteiger partial charge in [0.15, 0.2) is 0 Å². The molecule has 1 atom stereocenters. The summed E-state index contributed by atoms with van der Waals surface area (Å²) in [5, 5.41) is 6.26. The third-order valence-electron chi connectivity index (χ3n) is 5.35. The van der Waals surface area contributed by atoms with Crippen LogP contribution in [0.3, 0.4) is 0 Å². The van der Waals surface area contributed by atoms with Crippen LogP contribution in [0.2, 0.25) is 0 Å². The Balaban J connectivity index is 1.27. The van der Waals surface area contributed by atoms with Crippen LogP contribution in [0.1, 0.15) is 28.1 Å². The Labute approximate surface area is 195 Å². The van der Waals surface area contributed by atoms with Crippen molar-refractivity contribution in [1.29, 1.82) is 0 Å². The fourth-order valence-corrected chi connectivity index (χ4v) is 4.91. The molecule has 1 aliphatic carbocycles. The quantitative estimate of drug-likeness (QED) is 0.459. The number of hydrogen-bond acceptors (Lipinski definition) is 7. The lowest BCUT2D eigenvalue weighted by atomic mass is 9.89. The number of aromatic nitrogens is 2. The number of nitrogens with zero attached hydrogens (tertiary/aromatic N) is 2. The molecule has 4 rings (SSSR count). The van der Waals surface area contributed by atoms with Gasteiger partial charge in [-0.25, -0.2) is 4.79 Å². The SMILES string of the molecule is Nc1c(NC(=O)/C=C/c2cccnc2)sc2c1CCC(COC(=O)NCc1ccccn1)C2. The third-order valence-corrected chi connectivity index (χ3v) is 6.53. The average molecular weight is 464 g/mol. The molecule has 3 aromatic heterocycles. The van der Waals surface area contributed by atoms with Crippen LogP contribution in [0, 0.1) is 5.92 Å². The summed E-state index contributed by atoms with van der Waals surface area (Å²) in [6, 6.07) is 9.22. The van der Waals surface area contributed by atoms with Crippen molar-refractivity contribution in [3.63, 3.8) is 0 Å². The first-order valence-electron chi connectivity index (χ1n) is 10.7. The Bertz CT molecular complexity index is 1130. The zero-order valence-corrected chi connectivity index (χ0v) is 18.8. The number of nitrogens with two attached hydrogens (primary N) is 1. The van der Waals surface area contributed by atoms with E-state index in [1.165, 1.54) is 17.4 Å². The van der Waals surface area contributed by atoms with Gasteiger partial charge in [-0.1, -0.05) is 12.1 Å². The molecule has 2 amide bonds. The molecule has 3 aromatic rings. The molecular weight excluding hydrogens is 438 g/mol. The van der Waals surface area contributed by atoms with Gasteiger partial charge in [-0.05, 0) is 60.6 Å². The number of hydrogen-bond donors (Lipinski definition) is 3. The highest BCUT2D eigenvalue weighted by molar-refractivity contribution is 7.17. The summed E-state index contributed by atoms with van der Waals surface area (Å²) in [6.07, 6.45) is 10.2. The topological polar surface area (TPSA) is 119 Å². The second kappa shape index (κ2) is 10.7. The maximum absolute atomic E-state index is 12.3. The van der Waals surface area contributed by atoms with Crippen LogP contribution >= 0.6 is 11.3 Å². The van der Waals surface area contributed by atoms with E-state index in [0.29, 0.717) is 23.8 Å². The summed E-state index contributed by atoms with van der Waals surface area (Å²) < 4.78 is 5.41. The zero-order valence-electron chi connectivity index (χ0n) is 18.0. The highest BCUT2D eigenvalue weighted by Crippen LogP contribution is 2.41. The van der Waals surface area contributed by atoms with Crippen molar-refractivity contribution in [2.24, 2.45) is 5.92 Å². The van der Waals surface area contributed by atoms with Gasteiger partial charge in [0.1, 0.15) is 5.00 Å². The highest BCUT2D eigenvalue weighted by atomic mass is 32.1. The van der Waals surface area contributed by atoms with Gasteiger partial charge in [0, 0.05) is 29.5 Å². The minimum Gasteiger partial charge on any atom is -0.449 e. The minimum atomic E-state index is -0.453. The van der Waals surface area contributed by atoms with E-state index >= 15 is 0 Å². The second-order valence-corrected chi connectivity index (χ2v) is 8.84. The number of carbonyl (C=O) groups is 2. The molecule has 0 saturated heterocycles. The predicted molar refractivity (Wildman–Crippen MR) is 129 cm³/mol. The Morgan fingerprint density at radius 2 is 2.15 bits per heavy atom. The molecule has 0 aromatic carbocycles. The van der Waals surface area contributed by atoms with Gasteiger partial charge in [-0.3, -0.25) is 14.8 Å². The molecule has 0 bridgehead atoms. The lowest BCUT2D eigenvalue weighted by molar-refractivity contribution is -0.111. The largest absolute Gasteiger partial charge is 0.449 e. The molecule has 0 saturated carbocycles. The molecule has 0 aliphatic heterocycles. The molecule has 33 heavy (non-hydrogen) atoms. The number of carbonyl (C=O) groups excluding carboxylic acids is 2. The van der Waals surface area contributed by atoms with E-state index in [4.69, 9.17) is 10.5 Å². The van der Waals surface area contributed by atoms with Crippen LogP contribution in [-0.4, -0.2) is 28.6 Å². The first kappa shape index (κ1) is 22.5. The van der Waals surface area contributed by atoms with E-state index in [2.05, 4.69) is 20.6 Å². The standard InChI is InChI=1S/C24H25N5O3S/c25-22-19-8-6-17(15-32-24(31)28-14-18-5-1-2-11-27-18)12-20(19)33-23(22)29-21(30)9-7-16-4-3-10-26-13-16/h1-5,7,9-11,13,17H,6,8,12,14-15,25H2,(H,28,31)(H,29,30)/b9-7+. The fourth-order valence-electron chi connectivity index (χ4n) is 3.62. The molecule has 1 aliphatic rings. The molecule has 8 nitrogen and oxygen atoms in total. The van der Waals surface area contributed by atoms with Crippen molar-refractivity contribution >= 4 is 40.1 Å². The zero-order chi connectivity index (χ0) is 23.0. The summed E-state index contributed by atoms with van der Waals surface area (Å²) >= 11 is 1.49. The maximum atomic E-state index is 12.3. The third kappa shape index (κ3) is 6.17. The number of ether oxygens (including phenoxy) is 1. The van der Waals surface area contributed by atoms with E-state index in [0.717, 1.165) is 41.0 Å². The minimum absolute atomic E-state index is 0.213. The van der Waals surface area contributed by atoms with Gasteiger partial charge in [0.2, 0.25) is 5.91 Å². The Morgan fingerprint density at radius 1 is 1.24 bits per heavy atom. The molecule has 3 heterocycles. The smallest absolute Gasteiger partial charge is 0.407 e. The monoisotopic (exact) mass is 463 g/mol. The van der Waals surface area contributed by atoms with Crippen LogP contribution in [-0.2, 0) is 28.9 Å². The Kier molecular flexibility index (Phi) is 7.31. The van der Waals surface area contributed by atoms with Gasteiger partial charge in [0.25, 0.3) is 0 Å². The lowest BCUT2D eigenvalue weighted by Crippen LogP contribution is -2.28. The van der Waals surface area contributed by atoms with Crippen molar-refractivity contribution in [2.45, 2.75) is 25.8 Å². The van der Waals surface area contributed by atoms with Crippen LogP contribution in [0.15, 0.2) is 55.0 Å². The van der Waals surface area contributed by atoms with E-state index in [1.54, 1.807) is 24.7 Å². The Hall–Kier alpha value is -3.72. The fraction of sp³-hybridized carbons (Fsp3) is 0.250. The van der Waals surface area contributed by atoms with Crippen molar-refractivity contribution in [2.75, 3.05) is 17.7 Å². The average Bonchev–Trinajstić information content (AvgIpc) is 3.15. The van der Waals surface area contributed by atoms with Gasteiger partial charge in [0.05, 0.1) is 24.5 Å². The molecule has 1 unspecified atom stereocenters. The van der Waals surface area contributed by atoms with Crippen molar-refractivity contribution < 1.29 is 14.3 Å². The molecule has 170 valence electrons. The number of rotatable bonds is 7. The van der Waals surface area contributed by atoms with Crippen LogP contribution in [0.4, 0.5) is 15.5 Å². The number of nitrogens with one attached hydrogen (secondary N) is 2. The summed E-state index contributed by atoms with van der Waals surface area (Å²) in [5.41, 5.74) is 9.64. The molecule has 9 heteroatoms. The van der Waals surface area contributed by atoms with Crippen molar-refractivity contribution in [3.05, 3.63) is 76.7 Å². The lowest BCUT2D eigenvalue weighted by Gasteiger charge is -2.22. The van der Waals surface area contributed by atoms with Gasteiger partial charge >= 0.3 is 6.09 Å². The second-order valence-electron chi connectivity index (χ2n) is 7.74. The van der Waals surface area contributed by atoms with Crippen LogP contribution in [0.5, 0.6) is 0 Å². The number of alkyl carbamates (subject to hydrolysis) is 1. The number of thiophene rings is 1. The van der Waals surface area contributed by atoms with Gasteiger partial charge < -0.3 is 21.1 Å². The van der Waals surface area contributed by atoms with Crippen molar-refractivity contribution in [1.82, 2.24) is 15.3 Å². The number of nitrogen functional groups attached to an aromatic ring is 1. The summed E-state index contributed by atoms with van der Waals surface area (Å²) in [7, 11) is 0. The van der Waals surface area contributed by atoms with Crippen molar-refractivity contribution in [3.8, 4) is 0 Å². The highest BCUT2D eigenvalue weighted by Gasteiger charge is 2.26. The van der Waals surface area contributed by atoms with Crippen LogP contribution < -0.4 is 16.4 Å². The first-order valence-corrected chi connectivity index (χ1v) is 11.5.